The number of esters is 1. The highest BCUT2D eigenvalue weighted by molar-refractivity contribution is 6.00. The highest BCUT2D eigenvalue weighted by atomic mass is 16.6. The Morgan fingerprint density at radius 2 is 1.61 bits per heavy atom. The second-order valence-electron chi connectivity index (χ2n) is 6.17. The van der Waals surface area contributed by atoms with Crippen LogP contribution in [0, 0.1) is 17.0 Å². The number of hydrogen-bond donors (Lipinski definition) is 1. The molecule has 8 heteroatoms. The number of amides is 1. The van der Waals surface area contributed by atoms with Crippen molar-refractivity contribution in [2.75, 3.05) is 6.54 Å². The highest BCUT2D eigenvalue weighted by Crippen LogP contribution is 2.12. The lowest BCUT2D eigenvalue weighted by Crippen LogP contribution is -2.29. The molecule has 0 saturated carbocycles. The summed E-state index contributed by atoms with van der Waals surface area (Å²) in [4.78, 5) is 46.1. The number of aryl methyl sites for hydroxylation is 1. The van der Waals surface area contributed by atoms with Gasteiger partial charge < -0.3 is 10.1 Å². The zero-order chi connectivity index (χ0) is 20.7. The standard InChI is InChI=1S/C20H20N2O6/c1-13-3-5-15(6-4-13)19(24)14(2)28-18(23)11-12-21-20(25)16-7-9-17(10-8-16)22(26)27/h3-10,14H,11-12H2,1-2H3,(H,21,25). The molecule has 0 spiro atoms. The fraction of sp³-hybridized carbons (Fsp3) is 0.250. The molecule has 0 aliphatic rings. The van der Waals surface area contributed by atoms with Crippen LogP contribution in [-0.2, 0) is 9.53 Å². The van der Waals surface area contributed by atoms with E-state index in [0.717, 1.165) is 5.56 Å². The van der Waals surface area contributed by atoms with Gasteiger partial charge in [0.15, 0.2) is 6.10 Å². The van der Waals surface area contributed by atoms with E-state index in [9.17, 15) is 24.5 Å². The predicted octanol–water partition coefficient (Wildman–Crippen LogP) is 2.84. The minimum Gasteiger partial charge on any atom is -0.454 e. The zero-order valence-corrected chi connectivity index (χ0v) is 15.5. The van der Waals surface area contributed by atoms with Crippen LogP contribution in [0.15, 0.2) is 48.5 Å². The van der Waals surface area contributed by atoms with E-state index in [-0.39, 0.29) is 30.0 Å². The Bertz CT molecular complexity index is 875. The van der Waals surface area contributed by atoms with Crippen molar-refractivity contribution < 1.29 is 24.0 Å². The molecule has 0 bridgehead atoms. The maximum Gasteiger partial charge on any atom is 0.308 e. The summed E-state index contributed by atoms with van der Waals surface area (Å²) in [7, 11) is 0. The molecule has 1 atom stereocenters. The molecule has 0 aromatic heterocycles. The Morgan fingerprint density at radius 3 is 2.18 bits per heavy atom. The number of benzene rings is 2. The largest absolute Gasteiger partial charge is 0.454 e. The van der Waals surface area contributed by atoms with Gasteiger partial charge in [-0.15, -0.1) is 0 Å². The Hall–Kier alpha value is -3.55. The van der Waals surface area contributed by atoms with E-state index in [2.05, 4.69) is 5.32 Å². The molecule has 28 heavy (non-hydrogen) atoms. The summed E-state index contributed by atoms with van der Waals surface area (Å²) in [6.07, 6.45) is -1.04. The van der Waals surface area contributed by atoms with E-state index in [1.807, 2.05) is 6.92 Å². The SMILES string of the molecule is Cc1ccc(C(=O)C(C)OC(=O)CCNC(=O)c2ccc([N+](=O)[O-])cc2)cc1. The van der Waals surface area contributed by atoms with Crippen molar-refractivity contribution in [1.82, 2.24) is 5.32 Å². The monoisotopic (exact) mass is 384 g/mol. The van der Waals surface area contributed by atoms with Crippen molar-refractivity contribution in [3.05, 3.63) is 75.3 Å². The number of nitrogens with zero attached hydrogens (tertiary/aromatic N) is 1. The van der Waals surface area contributed by atoms with Gasteiger partial charge in [0.1, 0.15) is 0 Å². The molecular formula is C20H20N2O6. The molecule has 8 nitrogen and oxygen atoms in total. The van der Waals surface area contributed by atoms with Crippen molar-refractivity contribution in [2.45, 2.75) is 26.4 Å². The van der Waals surface area contributed by atoms with Gasteiger partial charge in [-0.3, -0.25) is 24.5 Å². The maximum atomic E-state index is 12.2. The summed E-state index contributed by atoms with van der Waals surface area (Å²) >= 11 is 0. The number of Topliss-reactive ketones (excluding diaryl/α,β-unsaturated/α-hetero) is 1. The smallest absolute Gasteiger partial charge is 0.308 e. The van der Waals surface area contributed by atoms with Crippen LogP contribution in [0.25, 0.3) is 0 Å². The number of nitrogens with one attached hydrogen (secondary N) is 1. The van der Waals surface area contributed by atoms with E-state index >= 15 is 0 Å². The Kier molecular flexibility index (Phi) is 6.97. The molecule has 0 radical (unpaired) electrons. The Labute approximate surface area is 161 Å². The van der Waals surface area contributed by atoms with Crippen LogP contribution >= 0.6 is 0 Å². The number of ketones is 1. The minimum atomic E-state index is -0.930. The van der Waals surface area contributed by atoms with Crippen LogP contribution < -0.4 is 5.32 Å². The number of nitro benzene ring substituents is 1. The van der Waals surface area contributed by atoms with Crippen molar-refractivity contribution in [3.63, 3.8) is 0 Å². The molecule has 0 aliphatic heterocycles. The number of non-ortho nitro benzene ring substituents is 1. The molecule has 2 aromatic rings. The average molecular weight is 384 g/mol. The third-order valence-electron chi connectivity index (χ3n) is 3.97. The van der Waals surface area contributed by atoms with Gasteiger partial charge in [-0.25, -0.2) is 0 Å². The first-order valence-electron chi connectivity index (χ1n) is 8.61. The van der Waals surface area contributed by atoms with Crippen LogP contribution in [0.2, 0.25) is 0 Å². The van der Waals surface area contributed by atoms with Gasteiger partial charge in [-0.2, -0.15) is 0 Å². The summed E-state index contributed by atoms with van der Waals surface area (Å²) in [5.41, 5.74) is 1.59. The molecule has 2 rings (SSSR count). The fourth-order valence-electron chi connectivity index (χ4n) is 2.38. The van der Waals surface area contributed by atoms with Gasteiger partial charge in [-0.1, -0.05) is 29.8 Å². The number of carbonyl (C=O) groups excluding carboxylic acids is 3. The molecule has 1 N–H and O–H groups in total. The van der Waals surface area contributed by atoms with Crippen LogP contribution in [0.3, 0.4) is 0 Å². The van der Waals surface area contributed by atoms with Crippen molar-refractivity contribution in [1.29, 1.82) is 0 Å². The second kappa shape index (κ2) is 9.40. The van der Waals surface area contributed by atoms with E-state index in [4.69, 9.17) is 4.74 Å². The predicted molar refractivity (Wildman–Crippen MR) is 101 cm³/mol. The summed E-state index contributed by atoms with van der Waals surface area (Å²) in [6.45, 7) is 3.42. The molecule has 2 aromatic carbocycles. The van der Waals surface area contributed by atoms with E-state index in [1.54, 1.807) is 24.3 Å². The first kappa shape index (κ1) is 20.8. The second-order valence-corrected chi connectivity index (χ2v) is 6.17. The summed E-state index contributed by atoms with van der Waals surface area (Å²) in [5, 5.41) is 13.1. The first-order chi connectivity index (χ1) is 13.3. The molecule has 0 aliphatic carbocycles. The highest BCUT2D eigenvalue weighted by Gasteiger charge is 2.19. The number of carbonyl (C=O) groups is 3. The number of nitro groups is 1. The van der Waals surface area contributed by atoms with Crippen LogP contribution in [-0.4, -0.2) is 35.2 Å². The van der Waals surface area contributed by atoms with Crippen LogP contribution in [0.4, 0.5) is 5.69 Å². The Balaban J connectivity index is 1.78. The summed E-state index contributed by atoms with van der Waals surface area (Å²) in [5.74, 6) is -1.38. The number of ether oxygens (including phenoxy) is 1. The lowest BCUT2D eigenvalue weighted by atomic mass is 10.1. The molecule has 0 saturated heterocycles. The zero-order valence-electron chi connectivity index (χ0n) is 15.5. The fourth-order valence-corrected chi connectivity index (χ4v) is 2.38. The van der Waals surface area contributed by atoms with Crippen LogP contribution in [0.5, 0.6) is 0 Å². The van der Waals surface area contributed by atoms with Gasteiger partial charge in [0.05, 0.1) is 11.3 Å². The van der Waals surface area contributed by atoms with E-state index < -0.39 is 22.9 Å². The lowest BCUT2D eigenvalue weighted by Gasteiger charge is -2.13. The number of rotatable bonds is 8. The van der Waals surface area contributed by atoms with Crippen LogP contribution in [0.1, 0.15) is 39.6 Å². The number of hydrogen-bond acceptors (Lipinski definition) is 6. The molecule has 146 valence electrons. The topological polar surface area (TPSA) is 116 Å². The minimum absolute atomic E-state index is 0.0140. The van der Waals surface area contributed by atoms with Gasteiger partial charge >= 0.3 is 5.97 Å². The van der Waals surface area contributed by atoms with Gasteiger partial charge in [0, 0.05) is 29.8 Å². The molecule has 0 heterocycles. The molecule has 1 amide bonds. The van der Waals surface area contributed by atoms with Gasteiger partial charge in [-0.05, 0) is 26.0 Å². The summed E-state index contributed by atoms with van der Waals surface area (Å²) < 4.78 is 5.11. The molecule has 1 unspecified atom stereocenters. The first-order valence-corrected chi connectivity index (χ1v) is 8.61. The summed E-state index contributed by atoms with van der Waals surface area (Å²) in [6, 6.07) is 12.1. The van der Waals surface area contributed by atoms with Crippen molar-refractivity contribution in [3.8, 4) is 0 Å². The maximum absolute atomic E-state index is 12.2. The van der Waals surface area contributed by atoms with E-state index in [1.165, 1.54) is 31.2 Å². The molecular weight excluding hydrogens is 364 g/mol. The van der Waals surface area contributed by atoms with Crippen molar-refractivity contribution >= 4 is 23.3 Å². The van der Waals surface area contributed by atoms with Gasteiger partial charge in [0.2, 0.25) is 5.78 Å². The van der Waals surface area contributed by atoms with Crippen molar-refractivity contribution in [2.24, 2.45) is 0 Å². The third kappa shape index (κ3) is 5.73. The average Bonchev–Trinajstić information content (AvgIpc) is 2.67. The van der Waals surface area contributed by atoms with Gasteiger partial charge in [0.25, 0.3) is 11.6 Å². The lowest BCUT2D eigenvalue weighted by molar-refractivity contribution is -0.384. The third-order valence-corrected chi connectivity index (χ3v) is 3.97. The quantitative estimate of drug-likeness (QED) is 0.324. The Morgan fingerprint density at radius 1 is 1.04 bits per heavy atom. The van der Waals surface area contributed by atoms with E-state index in [0.29, 0.717) is 5.56 Å². The molecule has 0 fully saturated rings. The normalized spacial score (nSPS) is 11.4.